The molecule has 0 aliphatic rings. The van der Waals surface area contributed by atoms with Gasteiger partial charge >= 0.3 is 0 Å². The number of hydrogen-bond acceptors (Lipinski definition) is 5. The van der Waals surface area contributed by atoms with Crippen LogP contribution in [0.15, 0.2) is 0 Å². The molecule has 0 aromatic carbocycles. The molecule has 0 aliphatic carbocycles. The van der Waals surface area contributed by atoms with E-state index in [-0.39, 0.29) is 0 Å². The average molecular weight is 760 g/mol. The molecule has 3 unspecified atom stereocenters. The van der Waals surface area contributed by atoms with E-state index in [0.29, 0.717) is 12.8 Å². The molecule has 0 aromatic rings. The van der Waals surface area contributed by atoms with E-state index >= 15 is 0 Å². The highest BCUT2D eigenvalue weighted by Crippen LogP contribution is 2.17. The van der Waals surface area contributed by atoms with E-state index in [1.165, 1.54) is 180 Å². The average Bonchev–Trinajstić information content (AvgIpc) is 3.11. The number of amides is 1. The Kier molecular flexibility index (Phi) is 38.1. The van der Waals surface area contributed by atoms with Crippen LogP contribution >= 0.6 is 0 Å². The van der Waals surface area contributed by atoms with Crippen molar-refractivity contribution < 1.29 is 28.0 Å². The lowest BCUT2D eigenvalue weighted by Gasteiger charge is -2.24. The normalized spacial score (nSPS) is 13.7. The summed E-state index contributed by atoms with van der Waals surface area (Å²) in [4.78, 5) is 12.6. The zero-order chi connectivity index (χ0) is 38.4. The minimum absolute atomic E-state index is 0.304. The van der Waals surface area contributed by atoms with Crippen molar-refractivity contribution in [2.24, 2.45) is 0 Å². The van der Waals surface area contributed by atoms with Crippen LogP contribution in [0.1, 0.15) is 251 Å². The van der Waals surface area contributed by atoms with E-state index in [0.717, 1.165) is 44.9 Å². The third kappa shape index (κ3) is 37.6. The van der Waals surface area contributed by atoms with Crippen molar-refractivity contribution in [3.8, 4) is 0 Å². The highest BCUT2D eigenvalue weighted by atomic mass is 32.2. The van der Waals surface area contributed by atoms with E-state index in [9.17, 15) is 28.0 Å². The third-order valence-corrected chi connectivity index (χ3v) is 11.7. The van der Waals surface area contributed by atoms with Crippen molar-refractivity contribution >= 4 is 16.0 Å². The molecular weight excluding hydrogens is 671 g/mol. The lowest BCUT2D eigenvalue weighted by molar-refractivity contribution is -0.131. The second-order valence-corrected chi connectivity index (χ2v) is 17.7. The van der Waals surface area contributed by atoms with Gasteiger partial charge in [-0.2, -0.15) is 8.42 Å². The monoisotopic (exact) mass is 760 g/mol. The highest BCUT2D eigenvalue weighted by Gasteiger charge is 2.28. The number of carbonyl (C=O) groups excluding carboxylic acids is 1. The molecule has 1 amide bonds. The molecular formula is C44H89NO6S. The SMILES string of the molecule is CCCCCCCCCCCCCCCCCCCCCC(O)C(=O)NC(CS(=O)(=O)O)C(O)CCCCCCCCCCCCCCCCCC. The van der Waals surface area contributed by atoms with Crippen molar-refractivity contribution in [1.29, 1.82) is 0 Å². The van der Waals surface area contributed by atoms with Gasteiger partial charge in [-0.3, -0.25) is 9.35 Å². The highest BCUT2D eigenvalue weighted by molar-refractivity contribution is 7.85. The van der Waals surface area contributed by atoms with Gasteiger partial charge in [-0.25, -0.2) is 0 Å². The summed E-state index contributed by atoms with van der Waals surface area (Å²) < 4.78 is 32.7. The van der Waals surface area contributed by atoms with Crippen molar-refractivity contribution in [2.75, 3.05) is 5.75 Å². The summed E-state index contributed by atoms with van der Waals surface area (Å²) in [6, 6.07) is -1.14. The summed E-state index contributed by atoms with van der Waals surface area (Å²) in [5, 5.41) is 23.6. The van der Waals surface area contributed by atoms with E-state index in [1.807, 2.05) is 0 Å². The second-order valence-electron chi connectivity index (χ2n) is 16.2. The molecule has 0 spiro atoms. The van der Waals surface area contributed by atoms with Gasteiger partial charge in [-0.15, -0.1) is 0 Å². The first-order valence-electron chi connectivity index (χ1n) is 22.8. The van der Waals surface area contributed by atoms with Gasteiger partial charge in [0.1, 0.15) is 6.10 Å². The van der Waals surface area contributed by atoms with E-state index < -0.39 is 40.0 Å². The molecule has 0 heterocycles. The van der Waals surface area contributed by atoms with Crippen LogP contribution in [0, 0.1) is 0 Å². The summed E-state index contributed by atoms with van der Waals surface area (Å²) in [5.41, 5.74) is 0. The Morgan fingerprint density at radius 1 is 0.442 bits per heavy atom. The fraction of sp³-hybridized carbons (Fsp3) is 0.977. The maximum atomic E-state index is 12.6. The smallest absolute Gasteiger partial charge is 0.266 e. The molecule has 0 saturated heterocycles. The summed E-state index contributed by atoms with van der Waals surface area (Å²) in [7, 11) is -4.40. The first kappa shape index (κ1) is 51.3. The lowest BCUT2D eigenvalue weighted by Crippen LogP contribution is -2.50. The molecule has 3 atom stereocenters. The molecule has 8 heteroatoms. The second kappa shape index (κ2) is 38.6. The van der Waals surface area contributed by atoms with Crippen LogP contribution in [0.2, 0.25) is 0 Å². The molecule has 0 bridgehead atoms. The van der Waals surface area contributed by atoms with Gasteiger partial charge in [0.05, 0.1) is 17.9 Å². The van der Waals surface area contributed by atoms with Gasteiger partial charge in [0.2, 0.25) is 5.91 Å². The Morgan fingerprint density at radius 3 is 0.962 bits per heavy atom. The molecule has 0 saturated carbocycles. The van der Waals surface area contributed by atoms with E-state index in [1.54, 1.807) is 0 Å². The minimum atomic E-state index is -4.40. The molecule has 0 aliphatic heterocycles. The van der Waals surface area contributed by atoms with Gasteiger partial charge in [0, 0.05) is 0 Å². The molecule has 4 N–H and O–H groups in total. The predicted octanol–water partition coefficient (Wildman–Crippen LogP) is 12.6. The number of aliphatic hydroxyl groups excluding tert-OH is 2. The minimum Gasteiger partial charge on any atom is -0.391 e. The summed E-state index contributed by atoms with van der Waals surface area (Å²) >= 11 is 0. The van der Waals surface area contributed by atoms with Crippen molar-refractivity contribution in [3.63, 3.8) is 0 Å². The first-order valence-corrected chi connectivity index (χ1v) is 24.4. The van der Waals surface area contributed by atoms with Crippen LogP contribution in [-0.4, -0.2) is 53.1 Å². The molecule has 0 radical (unpaired) electrons. The number of aliphatic hydroxyl groups is 2. The lowest BCUT2D eigenvalue weighted by atomic mass is 10.0. The van der Waals surface area contributed by atoms with Crippen LogP contribution in [0.5, 0.6) is 0 Å². The molecule has 0 rings (SSSR count). The maximum Gasteiger partial charge on any atom is 0.266 e. The van der Waals surface area contributed by atoms with Crippen LogP contribution < -0.4 is 5.32 Å². The maximum absolute atomic E-state index is 12.6. The Balaban J connectivity index is 3.87. The Hall–Kier alpha value is -0.700. The number of unbranched alkanes of at least 4 members (excludes halogenated alkanes) is 33. The quantitative estimate of drug-likeness (QED) is 0.0363. The summed E-state index contributed by atoms with van der Waals surface area (Å²) in [5.74, 6) is -1.44. The van der Waals surface area contributed by atoms with E-state index in [4.69, 9.17) is 0 Å². The van der Waals surface area contributed by atoms with Gasteiger partial charge in [-0.05, 0) is 12.8 Å². The predicted molar refractivity (Wildman–Crippen MR) is 223 cm³/mol. The van der Waals surface area contributed by atoms with Crippen LogP contribution in [0.3, 0.4) is 0 Å². The molecule has 0 fully saturated rings. The van der Waals surface area contributed by atoms with Gasteiger partial charge in [0.15, 0.2) is 0 Å². The largest absolute Gasteiger partial charge is 0.391 e. The van der Waals surface area contributed by atoms with Crippen molar-refractivity contribution in [3.05, 3.63) is 0 Å². The fourth-order valence-corrected chi connectivity index (χ4v) is 8.16. The molecule has 312 valence electrons. The molecule has 52 heavy (non-hydrogen) atoms. The topological polar surface area (TPSA) is 124 Å². The van der Waals surface area contributed by atoms with Gasteiger partial charge in [0.25, 0.3) is 10.1 Å². The Morgan fingerprint density at radius 2 is 0.692 bits per heavy atom. The van der Waals surface area contributed by atoms with Crippen LogP contribution in [0.4, 0.5) is 0 Å². The third-order valence-electron chi connectivity index (χ3n) is 10.9. The summed E-state index contributed by atoms with van der Waals surface area (Å²) in [6.07, 6.45) is 42.6. The fourth-order valence-electron chi connectivity index (χ4n) is 7.40. The van der Waals surface area contributed by atoms with Crippen molar-refractivity contribution in [2.45, 2.75) is 270 Å². The van der Waals surface area contributed by atoms with Crippen LogP contribution in [0.25, 0.3) is 0 Å². The number of rotatable bonds is 42. The molecule has 0 aromatic heterocycles. The number of carbonyl (C=O) groups is 1. The van der Waals surface area contributed by atoms with Gasteiger partial charge in [-0.1, -0.05) is 239 Å². The van der Waals surface area contributed by atoms with Gasteiger partial charge < -0.3 is 15.5 Å². The van der Waals surface area contributed by atoms with Crippen LogP contribution in [-0.2, 0) is 14.9 Å². The Bertz CT molecular complexity index is 854. The zero-order valence-electron chi connectivity index (χ0n) is 34.6. The Labute approximate surface area is 323 Å². The van der Waals surface area contributed by atoms with E-state index in [2.05, 4.69) is 19.2 Å². The molecule has 7 nitrogen and oxygen atoms in total. The number of nitrogens with one attached hydrogen (secondary N) is 1. The summed E-state index contributed by atoms with van der Waals surface area (Å²) in [6.45, 7) is 4.53. The zero-order valence-corrected chi connectivity index (χ0v) is 35.4. The van der Waals surface area contributed by atoms with Crippen molar-refractivity contribution in [1.82, 2.24) is 5.32 Å². The number of hydrogen-bond donors (Lipinski definition) is 4. The first-order chi connectivity index (χ1) is 25.2. The standard InChI is InChI=1S/C44H89NO6S/c1-3-5-7-9-11-13-15-17-19-21-22-23-25-27-29-31-33-35-37-39-43(47)44(48)45-41(40-52(49,50)51)42(46)38-36-34-32-30-28-26-24-20-18-16-14-12-10-8-6-4-2/h41-43,46-47H,3-40H2,1-2H3,(H,45,48)(H,49,50,51).